The lowest BCUT2D eigenvalue weighted by Gasteiger charge is -2.11. The fraction of sp³-hybridized carbons (Fsp3) is 0.385. The number of nitrogens with one attached hydrogen (secondary N) is 1. The van der Waals surface area contributed by atoms with Crippen LogP contribution >= 0.6 is 11.3 Å². The maximum Gasteiger partial charge on any atom is 0.219 e. The van der Waals surface area contributed by atoms with Crippen molar-refractivity contribution in [2.45, 2.75) is 33.3 Å². The zero-order valence-electron chi connectivity index (χ0n) is 11.3. The van der Waals surface area contributed by atoms with E-state index >= 15 is 0 Å². The molecule has 1 heterocycles. The summed E-state index contributed by atoms with van der Waals surface area (Å²) >= 11 is 1.39. The summed E-state index contributed by atoms with van der Waals surface area (Å²) in [7, 11) is 0. The average molecular weight is 278 g/mol. The van der Waals surface area contributed by atoms with Crippen LogP contribution in [0.3, 0.4) is 0 Å². The number of nitrogens with zero attached hydrogens (tertiary/aromatic N) is 2. The molecule has 0 saturated carbocycles. The van der Waals surface area contributed by atoms with Gasteiger partial charge < -0.3 is 4.74 Å². The Morgan fingerprint density at radius 3 is 2.79 bits per heavy atom. The van der Waals surface area contributed by atoms with Crippen molar-refractivity contribution >= 4 is 16.5 Å². The van der Waals surface area contributed by atoms with Gasteiger partial charge in [0.15, 0.2) is 5.01 Å². The lowest BCUT2D eigenvalue weighted by molar-refractivity contribution is 0.302. The topological polar surface area (TPSA) is 73.1 Å². The van der Waals surface area contributed by atoms with Gasteiger partial charge in [0.25, 0.3) is 0 Å². The molecular weight excluding hydrogens is 260 g/mol. The number of nitrogens with two attached hydrogens (primary N) is 1. The molecule has 0 saturated heterocycles. The molecule has 0 aliphatic heterocycles. The number of ether oxygens (including phenoxy) is 1. The Bertz CT molecular complexity index is 553. The minimum Gasteiger partial charge on any atom is -0.486 e. The van der Waals surface area contributed by atoms with Gasteiger partial charge >= 0.3 is 0 Å². The van der Waals surface area contributed by atoms with Crippen LogP contribution in [0.15, 0.2) is 18.2 Å². The van der Waals surface area contributed by atoms with Gasteiger partial charge in [0, 0.05) is 0 Å². The Labute approximate surface area is 116 Å². The van der Waals surface area contributed by atoms with E-state index in [1.54, 1.807) is 0 Å². The Kier molecular flexibility index (Phi) is 4.34. The predicted molar refractivity (Wildman–Crippen MR) is 77.3 cm³/mol. The Hall–Kier alpha value is -1.66. The van der Waals surface area contributed by atoms with E-state index in [0.29, 0.717) is 17.7 Å². The molecule has 5 nitrogen and oxygen atoms in total. The average Bonchev–Trinajstić information content (AvgIpc) is 2.85. The third kappa shape index (κ3) is 3.42. The van der Waals surface area contributed by atoms with Crippen LogP contribution in [0.5, 0.6) is 5.75 Å². The molecule has 0 bridgehead atoms. The largest absolute Gasteiger partial charge is 0.486 e. The minimum absolute atomic E-state index is 0.404. The lowest BCUT2D eigenvalue weighted by atomic mass is 10.0. The van der Waals surface area contributed by atoms with Crippen molar-refractivity contribution in [1.82, 2.24) is 10.2 Å². The molecule has 0 amide bonds. The highest BCUT2D eigenvalue weighted by Crippen LogP contribution is 2.25. The molecule has 6 heteroatoms. The molecule has 0 aliphatic carbocycles. The summed E-state index contributed by atoms with van der Waals surface area (Å²) in [5.74, 6) is 6.64. The van der Waals surface area contributed by atoms with Crippen molar-refractivity contribution in [3.63, 3.8) is 0 Å². The van der Waals surface area contributed by atoms with Gasteiger partial charge in [0.1, 0.15) is 12.4 Å². The first kappa shape index (κ1) is 13.8. The number of aryl methyl sites for hydroxylation is 1. The number of hydrazine groups is 1. The summed E-state index contributed by atoms with van der Waals surface area (Å²) in [6.45, 7) is 6.77. The Morgan fingerprint density at radius 2 is 2.16 bits per heavy atom. The first-order valence-electron chi connectivity index (χ1n) is 6.12. The van der Waals surface area contributed by atoms with Crippen LogP contribution in [0.4, 0.5) is 5.13 Å². The Balaban J connectivity index is 2.08. The Morgan fingerprint density at radius 1 is 1.37 bits per heavy atom. The van der Waals surface area contributed by atoms with E-state index in [4.69, 9.17) is 10.6 Å². The molecule has 2 aromatic rings. The second kappa shape index (κ2) is 5.99. The second-order valence-electron chi connectivity index (χ2n) is 4.61. The summed E-state index contributed by atoms with van der Waals surface area (Å²) in [5.41, 5.74) is 4.85. The molecule has 1 aromatic heterocycles. The smallest absolute Gasteiger partial charge is 0.219 e. The maximum atomic E-state index is 5.81. The fourth-order valence-corrected chi connectivity index (χ4v) is 2.20. The van der Waals surface area contributed by atoms with Crippen LogP contribution in [-0.4, -0.2) is 10.2 Å². The molecular formula is C13H18N4OS. The molecule has 2 rings (SSSR count). The van der Waals surface area contributed by atoms with Gasteiger partial charge in [0.05, 0.1) is 0 Å². The summed E-state index contributed by atoms with van der Waals surface area (Å²) in [5, 5.41) is 9.24. The molecule has 0 aliphatic rings. The van der Waals surface area contributed by atoms with Crippen LogP contribution < -0.4 is 16.0 Å². The highest BCUT2D eigenvalue weighted by Gasteiger charge is 2.07. The zero-order chi connectivity index (χ0) is 13.8. The molecule has 19 heavy (non-hydrogen) atoms. The van der Waals surface area contributed by atoms with Crippen LogP contribution in [0.25, 0.3) is 0 Å². The number of benzene rings is 1. The molecule has 0 spiro atoms. The molecule has 3 N–H and O–H groups in total. The summed E-state index contributed by atoms with van der Waals surface area (Å²) in [6.07, 6.45) is 0. The molecule has 1 aromatic carbocycles. The van der Waals surface area contributed by atoms with Crippen molar-refractivity contribution in [2.24, 2.45) is 5.84 Å². The van der Waals surface area contributed by atoms with Gasteiger partial charge in [-0.05, 0) is 30.0 Å². The van der Waals surface area contributed by atoms with E-state index in [9.17, 15) is 0 Å². The highest BCUT2D eigenvalue weighted by molar-refractivity contribution is 7.15. The third-order valence-corrected chi connectivity index (χ3v) is 3.65. The number of nitrogen functional groups attached to an aromatic ring is 1. The molecule has 0 fully saturated rings. The van der Waals surface area contributed by atoms with Crippen LogP contribution in [-0.2, 0) is 6.61 Å². The number of hydrogen-bond donors (Lipinski definition) is 2. The number of anilines is 1. The maximum absolute atomic E-state index is 5.81. The lowest BCUT2D eigenvalue weighted by Crippen LogP contribution is -2.05. The van der Waals surface area contributed by atoms with Crippen molar-refractivity contribution in [2.75, 3.05) is 5.43 Å². The summed E-state index contributed by atoms with van der Waals surface area (Å²) in [6, 6.07) is 6.30. The quantitative estimate of drug-likeness (QED) is 0.650. The van der Waals surface area contributed by atoms with Crippen LogP contribution in [0.2, 0.25) is 0 Å². The predicted octanol–water partition coefficient (Wildman–Crippen LogP) is 2.83. The monoisotopic (exact) mass is 278 g/mol. The molecule has 0 radical (unpaired) electrons. The number of hydrogen-bond acceptors (Lipinski definition) is 6. The highest BCUT2D eigenvalue weighted by atomic mass is 32.1. The van der Waals surface area contributed by atoms with Gasteiger partial charge in [-0.2, -0.15) is 0 Å². The molecule has 0 atom stereocenters. The van der Waals surface area contributed by atoms with Gasteiger partial charge in [-0.3, -0.25) is 5.43 Å². The fourth-order valence-electron chi connectivity index (χ4n) is 1.64. The minimum atomic E-state index is 0.404. The van der Waals surface area contributed by atoms with E-state index in [1.165, 1.54) is 16.9 Å². The van der Waals surface area contributed by atoms with E-state index in [2.05, 4.69) is 47.7 Å². The third-order valence-electron chi connectivity index (χ3n) is 2.82. The zero-order valence-corrected chi connectivity index (χ0v) is 12.1. The first-order chi connectivity index (χ1) is 9.10. The standard InChI is InChI=1S/C13H18N4OS/c1-8(2)10-5-4-9(3)11(6-10)18-7-12-16-17-13(15-14)19-12/h4-6,8H,7,14H2,1-3H3,(H,15,17). The van der Waals surface area contributed by atoms with E-state index < -0.39 is 0 Å². The van der Waals surface area contributed by atoms with Gasteiger partial charge in [-0.1, -0.05) is 37.3 Å². The van der Waals surface area contributed by atoms with E-state index in [0.717, 1.165) is 16.3 Å². The van der Waals surface area contributed by atoms with Crippen molar-refractivity contribution in [3.8, 4) is 5.75 Å². The number of rotatable bonds is 5. The second-order valence-corrected chi connectivity index (χ2v) is 5.68. The van der Waals surface area contributed by atoms with Gasteiger partial charge in [0.2, 0.25) is 5.13 Å². The first-order valence-corrected chi connectivity index (χ1v) is 6.94. The molecule has 102 valence electrons. The number of aromatic nitrogens is 2. The van der Waals surface area contributed by atoms with Crippen LogP contribution in [0.1, 0.15) is 35.9 Å². The van der Waals surface area contributed by atoms with E-state index in [1.807, 2.05) is 6.92 Å². The molecule has 0 unspecified atom stereocenters. The van der Waals surface area contributed by atoms with Gasteiger partial charge in [-0.25, -0.2) is 5.84 Å². The normalized spacial score (nSPS) is 10.8. The van der Waals surface area contributed by atoms with Gasteiger partial charge in [-0.15, -0.1) is 10.2 Å². The summed E-state index contributed by atoms with van der Waals surface area (Å²) < 4.78 is 5.81. The van der Waals surface area contributed by atoms with Crippen LogP contribution in [0, 0.1) is 6.92 Å². The SMILES string of the molecule is Cc1ccc(C(C)C)cc1OCc1nnc(NN)s1. The van der Waals surface area contributed by atoms with Crippen molar-refractivity contribution in [3.05, 3.63) is 34.3 Å². The van der Waals surface area contributed by atoms with Crippen molar-refractivity contribution in [1.29, 1.82) is 0 Å². The van der Waals surface area contributed by atoms with Crippen molar-refractivity contribution < 1.29 is 4.74 Å². The summed E-state index contributed by atoms with van der Waals surface area (Å²) in [4.78, 5) is 0. The van der Waals surface area contributed by atoms with E-state index in [-0.39, 0.29) is 0 Å².